The number of carbonyl (C=O) groups excluding carboxylic acids is 1. The Balaban J connectivity index is 2.54. The molecule has 25 heavy (non-hydrogen) atoms. The predicted octanol–water partition coefficient (Wildman–Crippen LogP) is 3.48. The number of hydrogen-bond acceptors (Lipinski definition) is 4. The Labute approximate surface area is 147 Å². The first-order valence-electron chi connectivity index (χ1n) is 8.14. The zero-order chi connectivity index (χ0) is 18.2. The number of aliphatic carboxylic acids is 1. The Hall–Kier alpha value is -2.82. The number of esters is 1. The molecule has 0 aromatic heterocycles. The summed E-state index contributed by atoms with van der Waals surface area (Å²) in [6.45, 7) is 1.91. The van der Waals surface area contributed by atoms with Gasteiger partial charge in [0.2, 0.25) is 0 Å². The smallest absolute Gasteiger partial charge is 0.310 e. The highest BCUT2D eigenvalue weighted by Crippen LogP contribution is 2.36. The molecular formula is C20H22O5. The highest BCUT2D eigenvalue weighted by Gasteiger charge is 2.34. The van der Waals surface area contributed by atoms with Crippen molar-refractivity contribution in [2.75, 3.05) is 13.7 Å². The van der Waals surface area contributed by atoms with Gasteiger partial charge in [-0.15, -0.1) is 0 Å². The van der Waals surface area contributed by atoms with Gasteiger partial charge in [-0.3, -0.25) is 9.59 Å². The number of carboxylic acid groups (broad SMARTS) is 1. The van der Waals surface area contributed by atoms with Crippen molar-refractivity contribution in [2.24, 2.45) is 5.92 Å². The van der Waals surface area contributed by atoms with Crippen LogP contribution in [-0.2, 0) is 14.3 Å². The molecule has 0 fully saturated rings. The second-order valence-electron chi connectivity index (χ2n) is 5.62. The van der Waals surface area contributed by atoms with E-state index in [-0.39, 0.29) is 13.0 Å². The zero-order valence-corrected chi connectivity index (χ0v) is 14.3. The van der Waals surface area contributed by atoms with E-state index in [1.54, 1.807) is 14.0 Å². The molecule has 2 rings (SSSR count). The number of rotatable bonds is 8. The van der Waals surface area contributed by atoms with Gasteiger partial charge >= 0.3 is 11.9 Å². The Kier molecular flexibility index (Phi) is 6.57. The minimum atomic E-state index is -1.04. The first-order chi connectivity index (χ1) is 12.1. The van der Waals surface area contributed by atoms with E-state index in [0.29, 0.717) is 5.75 Å². The van der Waals surface area contributed by atoms with Crippen LogP contribution in [0.4, 0.5) is 0 Å². The number of hydrogen-bond donors (Lipinski definition) is 1. The number of carboxylic acids is 1. The number of benzene rings is 2. The largest absolute Gasteiger partial charge is 0.497 e. The average molecular weight is 342 g/mol. The van der Waals surface area contributed by atoms with E-state index in [1.165, 1.54) is 0 Å². The monoisotopic (exact) mass is 342 g/mol. The summed E-state index contributed by atoms with van der Waals surface area (Å²) < 4.78 is 10.4. The van der Waals surface area contributed by atoms with Crippen LogP contribution in [0.2, 0.25) is 0 Å². The van der Waals surface area contributed by atoms with Gasteiger partial charge < -0.3 is 14.6 Å². The molecule has 0 saturated heterocycles. The maximum Gasteiger partial charge on any atom is 0.310 e. The number of methoxy groups -OCH3 is 1. The molecule has 0 spiro atoms. The predicted molar refractivity (Wildman–Crippen MR) is 93.7 cm³/mol. The molecule has 1 N–H and O–H groups in total. The van der Waals surface area contributed by atoms with Crippen LogP contribution in [0.1, 0.15) is 30.4 Å². The topological polar surface area (TPSA) is 72.8 Å². The van der Waals surface area contributed by atoms with E-state index in [0.717, 1.165) is 11.1 Å². The van der Waals surface area contributed by atoms with Crippen molar-refractivity contribution < 1.29 is 24.2 Å². The molecule has 2 aromatic rings. The number of ether oxygens (including phenoxy) is 2. The van der Waals surface area contributed by atoms with Crippen LogP contribution in [0.3, 0.4) is 0 Å². The van der Waals surface area contributed by atoms with Crippen molar-refractivity contribution in [3.05, 3.63) is 65.7 Å². The quantitative estimate of drug-likeness (QED) is 0.744. The van der Waals surface area contributed by atoms with Crippen molar-refractivity contribution in [3.63, 3.8) is 0 Å². The van der Waals surface area contributed by atoms with Crippen LogP contribution in [0.5, 0.6) is 5.75 Å². The highest BCUT2D eigenvalue weighted by atomic mass is 16.5. The van der Waals surface area contributed by atoms with Crippen LogP contribution >= 0.6 is 0 Å². The lowest BCUT2D eigenvalue weighted by Crippen LogP contribution is -2.28. The minimum absolute atomic E-state index is 0.203. The lowest BCUT2D eigenvalue weighted by molar-refractivity contribution is -0.153. The third-order valence-electron chi connectivity index (χ3n) is 4.00. The Morgan fingerprint density at radius 2 is 1.72 bits per heavy atom. The molecule has 2 unspecified atom stereocenters. The van der Waals surface area contributed by atoms with Crippen LogP contribution in [0, 0.1) is 5.92 Å². The van der Waals surface area contributed by atoms with Crippen molar-refractivity contribution in [1.29, 1.82) is 0 Å². The fraction of sp³-hybridized carbons (Fsp3) is 0.300. The fourth-order valence-corrected chi connectivity index (χ4v) is 2.93. The summed E-state index contributed by atoms with van der Waals surface area (Å²) in [5.74, 6) is -2.17. The molecule has 0 bridgehead atoms. The fourth-order valence-electron chi connectivity index (χ4n) is 2.93. The van der Waals surface area contributed by atoms with E-state index in [2.05, 4.69) is 0 Å². The summed E-state index contributed by atoms with van der Waals surface area (Å²) >= 11 is 0. The molecule has 0 saturated carbocycles. The van der Waals surface area contributed by atoms with E-state index >= 15 is 0 Å². The highest BCUT2D eigenvalue weighted by molar-refractivity contribution is 5.80. The molecule has 132 valence electrons. The Morgan fingerprint density at radius 1 is 1.04 bits per heavy atom. The van der Waals surface area contributed by atoms with Gasteiger partial charge in [-0.25, -0.2) is 0 Å². The first-order valence-corrected chi connectivity index (χ1v) is 8.14. The lowest BCUT2D eigenvalue weighted by Gasteiger charge is -2.26. The maximum atomic E-state index is 12.5. The number of carbonyl (C=O) groups is 2. The van der Waals surface area contributed by atoms with Crippen LogP contribution in [0.15, 0.2) is 54.6 Å². The third kappa shape index (κ3) is 4.83. The summed E-state index contributed by atoms with van der Waals surface area (Å²) in [4.78, 5) is 23.9. The van der Waals surface area contributed by atoms with E-state index < -0.39 is 23.8 Å². The van der Waals surface area contributed by atoms with Crippen LogP contribution < -0.4 is 4.74 Å². The molecule has 2 aromatic carbocycles. The molecule has 0 aliphatic carbocycles. The van der Waals surface area contributed by atoms with E-state index in [9.17, 15) is 14.7 Å². The summed E-state index contributed by atoms with van der Waals surface area (Å²) in [5, 5.41) is 9.31. The molecule has 2 atom stereocenters. The second-order valence-corrected chi connectivity index (χ2v) is 5.62. The van der Waals surface area contributed by atoms with Gasteiger partial charge in [0.05, 0.1) is 26.1 Å². The third-order valence-corrected chi connectivity index (χ3v) is 4.00. The Bertz CT molecular complexity index is 711. The molecule has 0 amide bonds. The molecule has 0 heterocycles. The average Bonchev–Trinajstić information content (AvgIpc) is 2.62. The van der Waals surface area contributed by atoms with Gasteiger partial charge in [0.25, 0.3) is 0 Å². The van der Waals surface area contributed by atoms with E-state index in [4.69, 9.17) is 9.47 Å². The lowest BCUT2D eigenvalue weighted by atomic mass is 9.79. The molecule has 0 aliphatic heterocycles. The second kappa shape index (κ2) is 8.87. The standard InChI is InChI=1S/C20H22O5/c1-3-25-20(23)17(13-18(21)22)19(14-8-5-4-6-9-14)15-10-7-11-16(12-15)24-2/h4-12,17,19H,3,13H2,1-2H3,(H,21,22). The van der Waals surface area contributed by atoms with Gasteiger partial charge in [-0.05, 0) is 30.2 Å². The Morgan fingerprint density at radius 3 is 2.32 bits per heavy atom. The van der Waals surface area contributed by atoms with Crippen LogP contribution in [0.25, 0.3) is 0 Å². The van der Waals surface area contributed by atoms with Gasteiger partial charge in [0.15, 0.2) is 0 Å². The molecule has 5 heteroatoms. The summed E-state index contributed by atoms with van der Waals surface area (Å²) in [5.41, 5.74) is 1.67. The SMILES string of the molecule is CCOC(=O)C(CC(=O)O)C(c1ccccc1)c1cccc(OC)c1. The van der Waals surface area contributed by atoms with Gasteiger partial charge in [0.1, 0.15) is 5.75 Å². The van der Waals surface area contributed by atoms with E-state index in [1.807, 2.05) is 54.6 Å². The van der Waals surface area contributed by atoms with Gasteiger partial charge in [-0.1, -0.05) is 42.5 Å². The van der Waals surface area contributed by atoms with Crippen molar-refractivity contribution in [1.82, 2.24) is 0 Å². The normalized spacial score (nSPS) is 12.9. The summed E-state index contributed by atoms with van der Waals surface area (Å²) in [6.07, 6.45) is -0.310. The molecule has 0 aliphatic rings. The molecular weight excluding hydrogens is 320 g/mol. The van der Waals surface area contributed by atoms with Gasteiger partial charge in [0, 0.05) is 5.92 Å². The van der Waals surface area contributed by atoms with Crippen molar-refractivity contribution >= 4 is 11.9 Å². The molecule has 5 nitrogen and oxygen atoms in total. The van der Waals surface area contributed by atoms with Crippen molar-refractivity contribution in [2.45, 2.75) is 19.3 Å². The summed E-state index contributed by atoms with van der Waals surface area (Å²) in [6, 6.07) is 16.7. The minimum Gasteiger partial charge on any atom is -0.497 e. The first kappa shape index (κ1) is 18.5. The maximum absolute atomic E-state index is 12.5. The van der Waals surface area contributed by atoms with Crippen molar-refractivity contribution in [3.8, 4) is 5.75 Å². The summed E-state index contributed by atoms with van der Waals surface area (Å²) in [7, 11) is 1.57. The van der Waals surface area contributed by atoms with Gasteiger partial charge in [-0.2, -0.15) is 0 Å². The molecule has 0 radical (unpaired) electrons. The van der Waals surface area contributed by atoms with Crippen LogP contribution in [-0.4, -0.2) is 30.8 Å². The zero-order valence-electron chi connectivity index (χ0n) is 14.3.